The van der Waals surface area contributed by atoms with Gasteiger partial charge in [-0.05, 0) is 53.3 Å². The average Bonchev–Trinajstić information content (AvgIpc) is 2.84. The number of hydrogen-bond donors (Lipinski definition) is 0. The van der Waals surface area contributed by atoms with Crippen molar-refractivity contribution in [2.75, 3.05) is 4.90 Å². The first-order valence-corrected chi connectivity index (χ1v) is 12.1. The highest BCUT2D eigenvalue weighted by Crippen LogP contribution is 2.45. The molecule has 0 bridgehead atoms. The molecule has 0 aromatic heterocycles. The molecule has 0 unspecified atom stereocenters. The fraction of sp³-hybridized carbons (Fsp3) is 0.212. The normalized spacial score (nSPS) is 12.3. The summed E-state index contributed by atoms with van der Waals surface area (Å²) in [5.74, 6) is 0. The van der Waals surface area contributed by atoms with E-state index in [1.165, 1.54) is 44.0 Å². The minimum atomic E-state index is -0.287. The van der Waals surface area contributed by atoms with Crippen molar-refractivity contribution in [3.63, 3.8) is 0 Å². The Hall–Kier alpha value is -3.58. The molecule has 0 aliphatic rings. The molecule has 0 N–H and O–H groups in total. The van der Waals surface area contributed by atoms with E-state index < -0.39 is 0 Å². The third kappa shape index (κ3) is 3.86. The molecule has 0 atom stereocenters. The second kappa shape index (κ2) is 8.33. The molecule has 0 amide bonds. The summed E-state index contributed by atoms with van der Waals surface area (Å²) < 4.78 is 0. The van der Waals surface area contributed by atoms with Crippen molar-refractivity contribution >= 4 is 32.9 Å². The lowest BCUT2D eigenvalue weighted by molar-refractivity contribution is 0.535. The lowest BCUT2D eigenvalue weighted by Gasteiger charge is -2.42. The largest absolute Gasteiger partial charge is 0.331 e. The van der Waals surface area contributed by atoms with Crippen LogP contribution in [0.15, 0.2) is 109 Å². The van der Waals surface area contributed by atoms with Crippen molar-refractivity contribution in [3.8, 4) is 0 Å². The summed E-state index contributed by atoms with van der Waals surface area (Å²) in [6.07, 6.45) is 0. The van der Waals surface area contributed by atoms with E-state index in [0.29, 0.717) is 0 Å². The van der Waals surface area contributed by atoms with Gasteiger partial charge < -0.3 is 4.90 Å². The monoisotopic (exact) mass is 443 g/mol. The van der Waals surface area contributed by atoms with E-state index in [1.54, 1.807) is 0 Å². The zero-order chi connectivity index (χ0) is 23.9. The van der Waals surface area contributed by atoms with Crippen LogP contribution in [0.2, 0.25) is 0 Å². The summed E-state index contributed by atoms with van der Waals surface area (Å²) >= 11 is 0. The lowest BCUT2D eigenvalue weighted by Crippen LogP contribution is -2.38. The molecule has 5 rings (SSSR count). The maximum Gasteiger partial charge on any atom is 0.0646 e. The zero-order valence-corrected chi connectivity index (χ0v) is 20.8. The van der Waals surface area contributed by atoms with Crippen LogP contribution in [-0.2, 0) is 11.0 Å². The molecule has 0 heterocycles. The Morgan fingerprint density at radius 3 is 1.32 bits per heavy atom. The smallest absolute Gasteiger partial charge is 0.0646 e. The average molecular weight is 444 g/mol. The predicted octanol–water partition coefficient (Wildman–Crippen LogP) is 9.36. The molecular weight excluding hydrogens is 410 g/mol. The summed E-state index contributed by atoms with van der Waals surface area (Å²) in [7, 11) is 0. The van der Waals surface area contributed by atoms with Crippen molar-refractivity contribution in [2.45, 2.75) is 45.6 Å². The van der Waals surface area contributed by atoms with Gasteiger partial charge in [0.05, 0.1) is 5.54 Å². The Morgan fingerprint density at radius 1 is 0.441 bits per heavy atom. The van der Waals surface area contributed by atoms with Gasteiger partial charge in [0, 0.05) is 22.1 Å². The van der Waals surface area contributed by atoms with Crippen molar-refractivity contribution in [1.29, 1.82) is 0 Å². The third-order valence-electron chi connectivity index (χ3n) is 7.03. The van der Waals surface area contributed by atoms with Gasteiger partial charge in [0.1, 0.15) is 0 Å². The molecule has 0 saturated heterocycles. The number of anilines is 2. The van der Waals surface area contributed by atoms with Crippen LogP contribution >= 0.6 is 0 Å². The van der Waals surface area contributed by atoms with Crippen LogP contribution in [0.25, 0.3) is 21.5 Å². The molecule has 1 heteroatoms. The Bertz CT molecular complexity index is 1360. The van der Waals surface area contributed by atoms with Gasteiger partial charge in [0.2, 0.25) is 0 Å². The highest BCUT2D eigenvalue weighted by atomic mass is 15.2. The van der Waals surface area contributed by atoms with Gasteiger partial charge in [-0.2, -0.15) is 0 Å². The van der Waals surface area contributed by atoms with Gasteiger partial charge in [-0.3, -0.25) is 0 Å². The van der Waals surface area contributed by atoms with E-state index in [1.807, 2.05) is 0 Å². The van der Waals surface area contributed by atoms with Gasteiger partial charge in [0.15, 0.2) is 0 Å². The molecule has 0 aliphatic heterocycles. The third-order valence-corrected chi connectivity index (χ3v) is 7.03. The number of rotatable bonds is 4. The first-order chi connectivity index (χ1) is 16.3. The van der Waals surface area contributed by atoms with Gasteiger partial charge >= 0.3 is 0 Å². The highest BCUT2D eigenvalue weighted by Gasteiger charge is 2.32. The fourth-order valence-electron chi connectivity index (χ4n) is 5.05. The van der Waals surface area contributed by atoms with Crippen molar-refractivity contribution in [3.05, 3.63) is 120 Å². The van der Waals surface area contributed by atoms with Crippen molar-refractivity contribution in [1.82, 2.24) is 0 Å². The molecule has 5 aromatic rings. The van der Waals surface area contributed by atoms with Gasteiger partial charge in [-0.1, -0.05) is 118 Å². The van der Waals surface area contributed by atoms with Crippen LogP contribution in [0.1, 0.15) is 45.7 Å². The molecule has 1 nitrogen and oxygen atoms in total. The van der Waals surface area contributed by atoms with E-state index >= 15 is 0 Å². The highest BCUT2D eigenvalue weighted by molar-refractivity contribution is 6.02. The molecule has 0 fully saturated rings. The minimum absolute atomic E-state index is 0.133. The van der Waals surface area contributed by atoms with Crippen LogP contribution in [0.3, 0.4) is 0 Å². The van der Waals surface area contributed by atoms with E-state index in [2.05, 4.69) is 149 Å². The second-order valence-electron chi connectivity index (χ2n) is 10.7. The predicted molar refractivity (Wildman–Crippen MR) is 148 cm³/mol. The molecule has 5 aromatic carbocycles. The first-order valence-electron chi connectivity index (χ1n) is 12.1. The molecular formula is C33H33N. The van der Waals surface area contributed by atoms with E-state index in [0.717, 1.165) is 0 Å². The molecule has 0 spiro atoms. The Balaban J connectivity index is 1.78. The summed E-state index contributed by atoms with van der Waals surface area (Å²) in [4.78, 5) is 2.53. The summed E-state index contributed by atoms with van der Waals surface area (Å²) in [6, 6.07) is 39.9. The summed E-state index contributed by atoms with van der Waals surface area (Å²) in [5.41, 5.74) is 4.94. The topological polar surface area (TPSA) is 3.24 Å². The molecule has 0 aliphatic carbocycles. The van der Waals surface area contributed by atoms with E-state index in [9.17, 15) is 0 Å². The lowest BCUT2D eigenvalue weighted by atomic mass is 9.83. The van der Waals surface area contributed by atoms with Crippen LogP contribution in [0.5, 0.6) is 0 Å². The Morgan fingerprint density at radius 2 is 0.853 bits per heavy atom. The number of hydrogen-bond acceptors (Lipinski definition) is 1. The van der Waals surface area contributed by atoms with Crippen LogP contribution in [-0.4, -0.2) is 0 Å². The quantitative estimate of drug-likeness (QED) is 0.267. The minimum Gasteiger partial charge on any atom is -0.331 e. The van der Waals surface area contributed by atoms with E-state index in [-0.39, 0.29) is 11.0 Å². The Labute approximate surface area is 203 Å². The molecule has 0 saturated carbocycles. The standard InChI is InChI=1S/C33H33N/c1-32(2,3)26-20-22-27(23-21-26)33(4,5)34(30-18-10-14-24-12-6-8-16-28(24)30)31-19-11-15-25-13-7-9-17-29(25)31/h6-23H,1-5H3. The summed E-state index contributed by atoms with van der Waals surface area (Å²) in [6.45, 7) is 11.5. The number of benzene rings is 5. The van der Waals surface area contributed by atoms with Crippen LogP contribution < -0.4 is 4.90 Å². The SMILES string of the molecule is CC(C)(C)c1ccc(C(C)(C)N(c2cccc3ccccc23)c2cccc3ccccc23)cc1. The summed E-state index contributed by atoms with van der Waals surface area (Å²) in [5, 5.41) is 5.03. The molecule has 34 heavy (non-hydrogen) atoms. The van der Waals surface area contributed by atoms with Gasteiger partial charge in [0.25, 0.3) is 0 Å². The zero-order valence-electron chi connectivity index (χ0n) is 20.8. The van der Waals surface area contributed by atoms with Crippen LogP contribution in [0, 0.1) is 0 Å². The van der Waals surface area contributed by atoms with Crippen molar-refractivity contribution in [2.24, 2.45) is 0 Å². The Kier molecular flexibility index (Phi) is 5.44. The van der Waals surface area contributed by atoms with Crippen LogP contribution in [0.4, 0.5) is 11.4 Å². The van der Waals surface area contributed by atoms with Gasteiger partial charge in [-0.15, -0.1) is 0 Å². The maximum absolute atomic E-state index is 2.53. The van der Waals surface area contributed by atoms with E-state index in [4.69, 9.17) is 0 Å². The number of fused-ring (bicyclic) bond motifs is 2. The fourth-order valence-corrected chi connectivity index (χ4v) is 5.05. The van der Waals surface area contributed by atoms with Gasteiger partial charge in [-0.25, -0.2) is 0 Å². The second-order valence-corrected chi connectivity index (χ2v) is 10.7. The molecule has 170 valence electrons. The van der Waals surface area contributed by atoms with Crippen molar-refractivity contribution < 1.29 is 0 Å². The molecule has 0 radical (unpaired) electrons. The maximum atomic E-state index is 2.53. The first kappa shape index (κ1) is 22.2. The number of nitrogens with zero attached hydrogens (tertiary/aromatic N) is 1.